The molecule has 0 heterocycles. The maximum absolute atomic E-state index is 12.5. The molecule has 2 aromatic carbocycles. The summed E-state index contributed by atoms with van der Waals surface area (Å²) in [5.41, 5.74) is 3.26. The molecule has 5 heteroatoms. The predicted octanol–water partition coefficient (Wildman–Crippen LogP) is 3.63. The van der Waals surface area contributed by atoms with Crippen LogP contribution in [0.1, 0.15) is 46.9 Å². The van der Waals surface area contributed by atoms with Gasteiger partial charge in [0.25, 0.3) is 0 Å². The van der Waals surface area contributed by atoms with E-state index < -0.39 is 0 Å². The molecular weight excluding hydrogens is 330 g/mol. The number of aryl methyl sites for hydroxylation is 1. The molecule has 0 saturated carbocycles. The number of amides is 1. The molecule has 0 radical (unpaired) electrons. The first-order valence-electron chi connectivity index (χ1n) is 8.47. The standard InChI is InChI=1S/C21H25NO4/c1-13-6-8-20(26-5)18(10-13)14(2)22-21(24)12-17-11-16(15(3)23)7-9-19(17)25-4/h6-11,14H,12H2,1-5H3,(H,22,24). The molecule has 1 atom stereocenters. The number of Topliss-reactive ketones (excluding diaryl/α,β-unsaturated/α-hetero) is 1. The van der Waals surface area contributed by atoms with Crippen LogP contribution >= 0.6 is 0 Å². The average Bonchev–Trinajstić information content (AvgIpc) is 2.61. The molecule has 0 aliphatic rings. The number of hydrogen-bond donors (Lipinski definition) is 1. The van der Waals surface area contributed by atoms with Crippen LogP contribution in [-0.2, 0) is 11.2 Å². The van der Waals surface area contributed by atoms with Crippen LogP contribution in [0.15, 0.2) is 36.4 Å². The maximum Gasteiger partial charge on any atom is 0.225 e. The minimum absolute atomic E-state index is 0.0489. The van der Waals surface area contributed by atoms with Crippen LogP contribution in [0.25, 0.3) is 0 Å². The second-order valence-corrected chi connectivity index (χ2v) is 6.29. The number of ketones is 1. The lowest BCUT2D eigenvalue weighted by atomic mass is 10.0. The second kappa shape index (κ2) is 8.52. The minimum atomic E-state index is -0.209. The lowest BCUT2D eigenvalue weighted by Gasteiger charge is -2.18. The molecule has 26 heavy (non-hydrogen) atoms. The highest BCUT2D eigenvalue weighted by atomic mass is 16.5. The summed E-state index contributed by atoms with van der Waals surface area (Å²) in [4.78, 5) is 24.1. The van der Waals surface area contributed by atoms with Gasteiger partial charge in [0, 0.05) is 16.7 Å². The van der Waals surface area contributed by atoms with Crippen molar-refractivity contribution in [3.05, 3.63) is 58.7 Å². The second-order valence-electron chi connectivity index (χ2n) is 6.29. The highest BCUT2D eigenvalue weighted by molar-refractivity contribution is 5.94. The van der Waals surface area contributed by atoms with E-state index in [1.165, 1.54) is 6.92 Å². The fourth-order valence-corrected chi connectivity index (χ4v) is 2.87. The first-order chi connectivity index (χ1) is 12.3. The van der Waals surface area contributed by atoms with Crippen LogP contribution in [0.5, 0.6) is 11.5 Å². The van der Waals surface area contributed by atoms with Gasteiger partial charge in [0.05, 0.1) is 26.7 Å². The maximum atomic E-state index is 12.5. The number of benzene rings is 2. The Morgan fingerprint density at radius 3 is 2.31 bits per heavy atom. The molecule has 0 aromatic heterocycles. The topological polar surface area (TPSA) is 64.6 Å². The van der Waals surface area contributed by atoms with Gasteiger partial charge in [-0.25, -0.2) is 0 Å². The Morgan fingerprint density at radius 1 is 1.04 bits per heavy atom. The highest BCUT2D eigenvalue weighted by Crippen LogP contribution is 2.26. The number of hydrogen-bond acceptors (Lipinski definition) is 4. The Morgan fingerprint density at radius 2 is 1.69 bits per heavy atom. The van der Waals surface area contributed by atoms with Gasteiger partial charge < -0.3 is 14.8 Å². The van der Waals surface area contributed by atoms with Gasteiger partial charge in [0.1, 0.15) is 11.5 Å². The lowest BCUT2D eigenvalue weighted by molar-refractivity contribution is -0.121. The highest BCUT2D eigenvalue weighted by Gasteiger charge is 2.16. The normalized spacial score (nSPS) is 11.6. The summed E-state index contributed by atoms with van der Waals surface area (Å²) in [5.74, 6) is 1.12. The Bertz CT molecular complexity index is 814. The van der Waals surface area contributed by atoms with Crippen LogP contribution in [0, 0.1) is 6.92 Å². The van der Waals surface area contributed by atoms with E-state index in [1.807, 2.05) is 32.0 Å². The fourth-order valence-electron chi connectivity index (χ4n) is 2.87. The Balaban J connectivity index is 2.17. The van der Waals surface area contributed by atoms with Gasteiger partial charge in [-0.3, -0.25) is 9.59 Å². The van der Waals surface area contributed by atoms with Gasteiger partial charge in [0.2, 0.25) is 5.91 Å². The molecule has 1 amide bonds. The Hall–Kier alpha value is -2.82. The zero-order valence-electron chi connectivity index (χ0n) is 15.9. The molecule has 0 fully saturated rings. The van der Waals surface area contributed by atoms with Gasteiger partial charge in [-0.15, -0.1) is 0 Å². The summed E-state index contributed by atoms with van der Waals surface area (Å²) in [5, 5.41) is 2.99. The van der Waals surface area contributed by atoms with Crippen molar-refractivity contribution >= 4 is 11.7 Å². The summed E-state index contributed by atoms with van der Waals surface area (Å²) >= 11 is 0. The zero-order chi connectivity index (χ0) is 19.3. The summed E-state index contributed by atoms with van der Waals surface area (Å²) in [7, 11) is 3.16. The van der Waals surface area contributed by atoms with Crippen molar-refractivity contribution in [2.24, 2.45) is 0 Å². The lowest BCUT2D eigenvalue weighted by Crippen LogP contribution is -2.28. The predicted molar refractivity (Wildman–Crippen MR) is 101 cm³/mol. The van der Waals surface area contributed by atoms with Crippen LogP contribution in [0.2, 0.25) is 0 Å². The SMILES string of the molecule is COc1ccc(C(C)=O)cc1CC(=O)NC(C)c1cc(C)ccc1OC. The van der Waals surface area contributed by atoms with E-state index in [4.69, 9.17) is 9.47 Å². The molecule has 138 valence electrons. The molecule has 0 spiro atoms. The van der Waals surface area contributed by atoms with Crippen LogP contribution < -0.4 is 14.8 Å². The van der Waals surface area contributed by atoms with Gasteiger partial charge in [-0.1, -0.05) is 17.7 Å². The van der Waals surface area contributed by atoms with Gasteiger partial charge >= 0.3 is 0 Å². The van der Waals surface area contributed by atoms with Gasteiger partial charge in [-0.2, -0.15) is 0 Å². The van der Waals surface area contributed by atoms with Crippen molar-refractivity contribution in [1.29, 1.82) is 0 Å². The molecule has 0 bridgehead atoms. The van der Waals surface area contributed by atoms with Crippen molar-refractivity contribution < 1.29 is 19.1 Å². The molecule has 2 rings (SSSR count). The van der Waals surface area contributed by atoms with Crippen molar-refractivity contribution in [3.63, 3.8) is 0 Å². The molecule has 5 nitrogen and oxygen atoms in total. The monoisotopic (exact) mass is 355 g/mol. The third kappa shape index (κ3) is 4.63. The number of carbonyl (C=O) groups is 2. The molecule has 0 aliphatic heterocycles. The molecule has 2 aromatic rings. The molecule has 1 unspecified atom stereocenters. The average molecular weight is 355 g/mol. The number of rotatable bonds is 7. The number of ether oxygens (including phenoxy) is 2. The Kier molecular flexibility index (Phi) is 6.39. The van der Waals surface area contributed by atoms with E-state index in [2.05, 4.69) is 5.32 Å². The fraction of sp³-hybridized carbons (Fsp3) is 0.333. The summed E-state index contributed by atoms with van der Waals surface area (Å²) in [6.45, 7) is 5.41. The number of nitrogens with one attached hydrogen (secondary N) is 1. The third-order valence-electron chi connectivity index (χ3n) is 4.27. The van der Waals surface area contributed by atoms with E-state index in [-0.39, 0.29) is 24.2 Å². The quantitative estimate of drug-likeness (QED) is 0.770. The summed E-state index contributed by atoms with van der Waals surface area (Å²) < 4.78 is 10.7. The van der Waals surface area contributed by atoms with Crippen molar-refractivity contribution in [2.75, 3.05) is 14.2 Å². The largest absolute Gasteiger partial charge is 0.496 e. The van der Waals surface area contributed by atoms with E-state index in [0.29, 0.717) is 16.9 Å². The first kappa shape index (κ1) is 19.5. The minimum Gasteiger partial charge on any atom is -0.496 e. The number of carbonyl (C=O) groups excluding carboxylic acids is 2. The molecule has 0 saturated heterocycles. The Labute approximate surface area is 154 Å². The number of methoxy groups -OCH3 is 2. The van der Waals surface area contributed by atoms with Crippen molar-refractivity contribution in [1.82, 2.24) is 5.32 Å². The van der Waals surface area contributed by atoms with Gasteiger partial charge in [0.15, 0.2) is 5.78 Å². The molecular formula is C21H25NO4. The van der Waals surface area contributed by atoms with Crippen molar-refractivity contribution in [2.45, 2.75) is 33.2 Å². The van der Waals surface area contributed by atoms with Crippen LogP contribution in [0.3, 0.4) is 0 Å². The smallest absolute Gasteiger partial charge is 0.225 e. The van der Waals surface area contributed by atoms with E-state index in [9.17, 15) is 9.59 Å². The van der Waals surface area contributed by atoms with Crippen LogP contribution in [0.4, 0.5) is 0 Å². The summed E-state index contributed by atoms with van der Waals surface area (Å²) in [6.07, 6.45) is 0.128. The van der Waals surface area contributed by atoms with Crippen LogP contribution in [-0.4, -0.2) is 25.9 Å². The third-order valence-corrected chi connectivity index (χ3v) is 4.27. The van der Waals surface area contributed by atoms with Crippen molar-refractivity contribution in [3.8, 4) is 11.5 Å². The first-order valence-corrected chi connectivity index (χ1v) is 8.47. The van der Waals surface area contributed by atoms with E-state index in [1.54, 1.807) is 32.4 Å². The van der Waals surface area contributed by atoms with Gasteiger partial charge in [-0.05, 0) is 45.0 Å². The molecule has 0 aliphatic carbocycles. The zero-order valence-corrected chi connectivity index (χ0v) is 15.9. The summed E-state index contributed by atoms with van der Waals surface area (Å²) in [6, 6.07) is 10.8. The van der Waals surface area contributed by atoms with E-state index >= 15 is 0 Å². The molecule has 1 N–H and O–H groups in total. The van der Waals surface area contributed by atoms with E-state index in [0.717, 1.165) is 16.9 Å².